The zero-order valence-electron chi connectivity index (χ0n) is 13.5. The number of benzene rings is 1. The Morgan fingerprint density at radius 2 is 1.86 bits per heavy atom. The van der Waals surface area contributed by atoms with E-state index in [-0.39, 0.29) is 29.5 Å². The van der Waals surface area contributed by atoms with E-state index < -0.39 is 0 Å². The van der Waals surface area contributed by atoms with Crippen LogP contribution in [0.5, 0.6) is 0 Å². The first-order valence-corrected chi connectivity index (χ1v) is 8.22. The first-order chi connectivity index (χ1) is 10.1. The van der Waals surface area contributed by atoms with E-state index in [1.807, 2.05) is 30.3 Å². The molecule has 0 spiro atoms. The average Bonchev–Trinajstić information content (AvgIpc) is 2.49. The van der Waals surface area contributed by atoms with Crippen molar-refractivity contribution in [2.45, 2.75) is 24.0 Å². The van der Waals surface area contributed by atoms with Crippen molar-refractivity contribution in [3.8, 4) is 0 Å². The highest BCUT2D eigenvalue weighted by Crippen LogP contribution is 2.27. The molecule has 6 heteroatoms. The first kappa shape index (κ1) is 21.2. The molecule has 126 valence electrons. The van der Waals surface area contributed by atoms with Gasteiger partial charge in [-0.25, -0.2) is 0 Å². The average molecular weight is 347 g/mol. The molecule has 0 radical (unpaired) electrons. The maximum Gasteiger partial charge on any atom is 0.233 e. The fourth-order valence-corrected chi connectivity index (χ4v) is 2.88. The Kier molecular flexibility index (Phi) is 12.3. The van der Waals surface area contributed by atoms with Gasteiger partial charge in [0.2, 0.25) is 5.91 Å². The third-order valence-corrected chi connectivity index (χ3v) is 4.51. The molecule has 0 aliphatic heterocycles. The quantitative estimate of drug-likeness (QED) is 0.505. The number of carbonyl (C=O) groups is 1. The minimum atomic E-state index is -0.0635. The van der Waals surface area contributed by atoms with Gasteiger partial charge in [-0.05, 0) is 18.1 Å². The van der Waals surface area contributed by atoms with E-state index in [4.69, 9.17) is 4.74 Å². The number of carbonyl (C=O) groups excluding carboxylic acids is 1. The highest BCUT2D eigenvalue weighted by atomic mass is 35.5. The second-order valence-electron chi connectivity index (χ2n) is 5.13. The largest absolute Gasteiger partial charge is 0.383 e. The summed E-state index contributed by atoms with van der Waals surface area (Å²) in [6.07, 6.45) is 0. The Balaban J connectivity index is 0.00000441. The van der Waals surface area contributed by atoms with Crippen molar-refractivity contribution < 1.29 is 9.53 Å². The molecule has 0 fully saturated rings. The lowest BCUT2D eigenvalue weighted by atomic mass is 10.1. The van der Waals surface area contributed by atoms with E-state index in [1.165, 1.54) is 0 Å². The summed E-state index contributed by atoms with van der Waals surface area (Å²) in [6, 6.07) is 10.1. The molecular formula is C16H27ClN2O2S. The van der Waals surface area contributed by atoms with Gasteiger partial charge in [-0.2, -0.15) is 0 Å². The van der Waals surface area contributed by atoms with Crippen molar-refractivity contribution in [2.75, 3.05) is 33.4 Å². The molecule has 0 saturated carbocycles. The van der Waals surface area contributed by atoms with E-state index in [9.17, 15) is 4.79 Å². The lowest BCUT2D eigenvalue weighted by Crippen LogP contribution is -2.39. The van der Waals surface area contributed by atoms with Crippen LogP contribution in [-0.4, -0.2) is 44.5 Å². The molecule has 0 heterocycles. The molecule has 1 atom stereocenters. The van der Waals surface area contributed by atoms with Gasteiger partial charge in [0, 0.05) is 31.6 Å². The van der Waals surface area contributed by atoms with Crippen LogP contribution in [0.1, 0.15) is 13.8 Å². The summed E-state index contributed by atoms with van der Waals surface area (Å²) < 4.78 is 4.95. The van der Waals surface area contributed by atoms with Gasteiger partial charge in [-0.1, -0.05) is 32.0 Å². The topological polar surface area (TPSA) is 50.4 Å². The van der Waals surface area contributed by atoms with Gasteiger partial charge in [-0.3, -0.25) is 4.79 Å². The number of hydrogen-bond acceptors (Lipinski definition) is 4. The fraction of sp³-hybridized carbons (Fsp3) is 0.562. The molecule has 0 bridgehead atoms. The second-order valence-corrected chi connectivity index (χ2v) is 6.34. The molecular weight excluding hydrogens is 320 g/mol. The highest BCUT2D eigenvalue weighted by Gasteiger charge is 2.22. The van der Waals surface area contributed by atoms with Crippen LogP contribution in [0.3, 0.4) is 0 Å². The molecule has 0 aromatic heterocycles. The minimum absolute atomic E-state index is 0. The van der Waals surface area contributed by atoms with Gasteiger partial charge >= 0.3 is 0 Å². The molecule has 0 aliphatic carbocycles. The predicted octanol–water partition coefficient (Wildman–Crippen LogP) is 2.58. The molecule has 1 amide bonds. The number of amides is 1. The van der Waals surface area contributed by atoms with Crippen LogP contribution in [0.4, 0.5) is 0 Å². The van der Waals surface area contributed by atoms with Crippen molar-refractivity contribution in [2.24, 2.45) is 5.92 Å². The normalized spacial score (nSPS) is 11.8. The van der Waals surface area contributed by atoms with Crippen LogP contribution < -0.4 is 10.6 Å². The summed E-state index contributed by atoms with van der Waals surface area (Å²) in [5.41, 5.74) is 0. The summed E-state index contributed by atoms with van der Waals surface area (Å²) >= 11 is 1.62. The Morgan fingerprint density at radius 1 is 1.18 bits per heavy atom. The van der Waals surface area contributed by atoms with Gasteiger partial charge in [0.1, 0.15) is 0 Å². The number of thioether (sulfide) groups is 1. The van der Waals surface area contributed by atoms with E-state index >= 15 is 0 Å². The highest BCUT2D eigenvalue weighted by molar-refractivity contribution is 8.00. The second kappa shape index (κ2) is 12.8. The SMILES string of the molecule is COCCNCCNC(=O)C(Sc1ccccc1)C(C)C.Cl. The minimum Gasteiger partial charge on any atom is -0.383 e. The van der Waals surface area contributed by atoms with Crippen LogP contribution in [0.25, 0.3) is 0 Å². The lowest BCUT2D eigenvalue weighted by Gasteiger charge is -2.20. The fourth-order valence-electron chi connectivity index (χ4n) is 1.81. The van der Waals surface area contributed by atoms with Crippen molar-refractivity contribution in [1.29, 1.82) is 0 Å². The summed E-state index contributed by atoms with van der Waals surface area (Å²) in [6.45, 7) is 7.05. The lowest BCUT2D eigenvalue weighted by molar-refractivity contribution is -0.121. The molecule has 22 heavy (non-hydrogen) atoms. The van der Waals surface area contributed by atoms with Crippen molar-refractivity contribution in [3.63, 3.8) is 0 Å². The summed E-state index contributed by atoms with van der Waals surface area (Å²) in [7, 11) is 1.68. The van der Waals surface area contributed by atoms with Crippen LogP contribution in [0.2, 0.25) is 0 Å². The number of methoxy groups -OCH3 is 1. The monoisotopic (exact) mass is 346 g/mol. The van der Waals surface area contributed by atoms with E-state index in [0.29, 0.717) is 13.2 Å². The Hall–Kier alpha value is -0.750. The number of rotatable bonds is 10. The van der Waals surface area contributed by atoms with Crippen molar-refractivity contribution in [3.05, 3.63) is 30.3 Å². The van der Waals surface area contributed by atoms with Gasteiger partial charge in [-0.15, -0.1) is 24.2 Å². The van der Waals surface area contributed by atoms with Crippen LogP contribution in [0, 0.1) is 5.92 Å². The third-order valence-electron chi connectivity index (χ3n) is 2.95. The number of ether oxygens (including phenoxy) is 1. The zero-order chi connectivity index (χ0) is 15.5. The predicted molar refractivity (Wildman–Crippen MR) is 95.9 cm³/mol. The molecule has 1 unspecified atom stereocenters. The van der Waals surface area contributed by atoms with Crippen LogP contribution in [-0.2, 0) is 9.53 Å². The van der Waals surface area contributed by atoms with Crippen molar-refractivity contribution in [1.82, 2.24) is 10.6 Å². The summed E-state index contributed by atoms with van der Waals surface area (Å²) in [5, 5.41) is 6.15. The van der Waals surface area contributed by atoms with Crippen molar-refractivity contribution >= 4 is 30.1 Å². The maximum absolute atomic E-state index is 12.3. The third kappa shape index (κ3) is 8.63. The van der Waals surface area contributed by atoms with E-state index in [0.717, 1.165) is 18.0 Å². The number of halogens is 1. The standard InChI is InChI=1S/C16H26N2O2S.ClH/c1-13(2)15(21-14-7-5-4-6-8-14)16(19)18-10-9-17-11-12-20-3;/h4-8,13,15,17H,9-12H2,1-3H3,(H,18,19);1H. The molecule has 1 aromatic rings. The Labute approximate surface area is 144 Å². The van der Waals surface area contributed by atoms with Gasteiger partial charge in [0.25, 0.3) is 0 Å². The van der Waals surface area contributed by atoms with E-state index in [2.05, 4.69) is 24.5 Å². The summed E-state index contributed by atoms with van der Waals surface area (Å²) in [4.78, 5) is 13.4. The smallest absolute Gasteiger partial charge is 0.233 e. The van der Waals surface area contributed by atoms with Gasteiger partial charge in [0.15, 0.2) is 0 Å². The first-order valence-electron chi connectivity index (χ1n) is 7.34. The van der Waals surface area contributed by atoms with Gasteiger partial charge in [0.05, 0.1) is 11.9 Å². The Bertz CT molecular complexity index is 404. The Morgan fingerprint density at radius 3 is 2.45 bits per heavy atom. The number of hydrogen-bond donors (Lipinski definition) is 2. The molecule has 2 N–H and O–H groups in total. The maximum atomic E-state index is 12.3. The van der Waals surface area contributed by atoms with E-state index in [1.54, 1.807) is 18.9 Å². The molecule has 0 aliphatic rings. The van der Waals surface area contributed by atoms with Crippen LogP contribution >= 0.6 is 24.2 Å². The van der Waals surface area contributed by atoms with Crippen LogP contribution in [0.15, 0.2) is 35.2 Å². The zero-order valence-corrected chi connectivity index (χ0v) is 15.1. The number of nitrogens with one attached hydrogen (secondary N) is 2. The molecule has 4 nitrogen and oxygen atoms in total. The summed E-state index contributed by atoms with van der Waals surface area (Å²) in [5.74, 6) is 0.393. The van der Waals surface area contributed by atoms with Gasteiger partial charge < -0.3 is 15.4 Å². The molecule has 1 rings (SSSR count). The molecule has 1 aromatic carbocycles. The molecule has 0 saturated heterocycles.